The van der Waals surface area contributed by atoms with Gasteiger partial charge >= 0.3 is 12.0 Å². The van der Waals surface area contributed by atoms with Crippen LogP contribution in [0.15, 0.2) is 5.95 Å². The minimum Gasteiger partial charge on any atom is -0.453 e. The van der Waals surface area contributed by atoms with Gasteiger partial charge in [0.15, 0.2) is 6.10 Å². The molecule has 0 radical (unpaired) electrons. The Hall–Kier alpha value is -1.76. The number of carbonyl (C=O) groups excluding carboxylic acids is 2. The molecule has 0 aliphatic carbocycles. The van der Waals surface area contributed by atoms with E-state index in [4.69, 9.17) is 18.9 Å². The van der Waals surface area contributed by atoms with Crippen molar-refractivity contribution in [1.82, 2.24) is 10.9 Å². The number of epoxide rings is 1. The highest BCUT2D eigenvalue weighted by Crippen LogP contribution is 2.12. The number of hydrazine groups is 1. The van der Waals surface area contributed by atoms with E-state index in [-0.39, 0.29) is 25.3 Å². The van der Waals surface area contributed by atoms with E-state index in [1.807, 2.05) is 0 Å². The molecule has 2 fully saturated rings. The molecule has 0 saturated carbocycles. The standard InChI is InChI=1S/C9H12N2O6/c12-2-8-15-4-7(17-8)5-16-9(13)11-10-1-6-3-14-6/h6-7,10H,1,3-5H2,(H,11,13). The van der Waals surface area contributed by atoms with Gasteiger partial charge < -0.3 is 18.9 Å². The summed E-state index contributed by atoms with van der Waals surface area (Å²) >= 11 is 0. The maximum Gasteiger partial charge on any atom is 0.421 e. The lowest BCUT2D eigenvalue weighted by Crippen LogP contribution is -2.40. The third kappa shape index (κ3) is 3.95. The summed E-state index contributed by atoms with van der Waals surface area (Å²) in [6.07, 6.45) is -0.927. The largest absolute Gasteiger partial charge is 0.453 e. The lowest BCUT2D eigenvalue weighted by atomic mass is 10.4. The van der Waals surface area contributed by atoms with Crippen LogP contribution in [0.1, 0.15) is 0 Å². The second kappa shape index (κ2) is 5.53. The van der Waals surface area contributed by atoms with Crippen molar-refractivity contribution in [3.8, 4) is 0 Å². The molecule has 8 nitrogen and oxygen atoms in total. The monoisotopic (exact) mass is 244 g/mol. The fourth-order valence-electron chi connectivity index (χ4n) is 1.15. The Labute approximate surface area is 96.8 Å². The van der Waals surface area contributed by atoms with Crippen LogP contribution in [0.4, 0.5) is 4.79 Å². The van der Waals surface area contributed by atoms with E-state index in [0.717, 1.165) is 0 Å². The highest BCUT2D eigenvalue weighted by molar-refractivity contribution is 5.66. The van der Waals surface area contributed by atoms with Crippen LogP contribution >= 0.6 is 0 Å². The van der Waals surface area contributed by atoms with Gasteiger partial charge in [-0.1, -0.05) is 0 Å². The number of ether oxygens (including phenoxy) is 4. The predicted octanol–water partition coefficient (Wildman–Crippen LogP) is -1.30. The van der Waals surface area contributed by atoms with Gasteiger partial charge in [-0.15, -0.1) is 0 Å². The molecule has 2 atom stereocenters. The molecule has 8 heteroatoms. The zero-order valence-electron chi connectivity index (χ0n) is 8.93. The SMILES string of the molecule is O=C=C1OCC(COC(=O)NNCC2CO2)O1. The average Bonchev–Trinajstić information content (AvgIpc) is 3.04. The molecule has 0 bridgehead atoms. The molecule has 0 aromatic rings. The fourth-order valence-corrected chi connectivity index (χ4v) is 1.15. The number of rotatable bonds is 5. The Balaban J connectivity index is 1.54. The summed E-state index contributed by atoms with van der Waals surface area (Å²) in [6, 6.07) is 0. The van der Waals surface area contributed by atoms with Crippen LogP contribution in [0.3, 0.4) is 0 Å². The third-order valence-corrected chi connectivity index (χ3v) is 2.08. The first-order valence-electron chi connectivity index (χ1n) is 5.09. The Morgan fingerprint density at radius 1 is 1.47 bits per heavy atom. The van der Waals surface area contributed by atoms with Crippen molar-refractivity contribution in [2.75, 3.05) is 26.4 Å². The molecule has 2 rings (SSSR count). The van der Waals surface area contributed by atoms with Crippen LogP contribution < -0.4 is 10.9 Å². The summed E-state index contributed by atoms with van der Waals surface area (Å²) in [6.45, 7) is 1.41. The lowest BCUT2D eigenvalue weighted by Gasteiger charge is -2.09. The molecule has 2 unspecified atom stereocenters. The molecule has 0 spiro atoms. The van der Waals surface area contributed by atoms with Gasteiger partial charge in [-0.2, -0.15) is 0 Å². The number of hydrogen-bond acceptors (Lipinski definition) is 7. The second-order valence-electron chi connectivity index (χ2n) is 3.50. The molecule has 2 aliphatic rings. The highest BCUT2D eigenvalue weighted by Gasteiger charge is 2.25. The minimum absolute atomic E-state index is 0.00137. The molecule has 0 aromatic carbocycles. The maximum atomic E-state index is 11.1. The van der Waals surface area contributed by atoms with Crippen LogP contribution in [0.25, 0.3) is 0 Å². The Morgan fingerprint density at radius 2 is 2.29 bits per heavy atom. The molecule has 2 heterocycles. The molecule has 17 heavy (non-hydrogen) atoms. The van der Waals surface area contributed by atoms with Gasteiger partial charge in [-0.05, 0) is 0 Å². The van der Waals surface area contributed by atoms with Gasteiger partial charge in [0.25, 0.3) is 0 Å². The summed E-state index contributed by atoms with van der Waals surface area (Å²) in [5.74, 6) is 1.27. The summed E-state index contributed by atoms with van der Waals surface area (Å²) in [5, 5.41) is 0. The molecule has 0 aromatic heterocycles. The Kier molecular flexibility index (Phi) is 3.81. The lowest BCUT2D eigenvalue weighted by molar-refractivity contribution is 0.0697. The summed E-state index contributed by atoms with van der Waals surface area (Å²) in [7, 11) is 0. The summed E-state index contributed by atoms with van der Waals surface area (Å²) in [4.78, 5) is 21.3. The van der Waals surface area contributed by atoms with Crippen LogP contribution in [0, 0.1) is 0 Å². The van der Waals surface area contributed by atoms with Crippen molar-refractivity contribution in [3.05, 3.63) is 5.95 Å². The molecule has 1 amide bonds. The first-order chi connectivity index (χ1) is 8.28. The van der Waals surface area contributed by atoms with Crippen LogP contribution in [-0.2, 0) is 23.7 Å². The van der Waals surface area contributed by atoms with E-state index in [1.165, 1.54) is 5.94 Å². The van der Waals surface area contributed by atoms with Crippen molar-refractivity contribution in [1.29, 1.82) is 0 Å². The van der Waals surface area contributed by atoms with Crippen LogP contribution in [-0.4, -0.2) is 50.6 Å². The van der Waals surface area contributed by atoms with E-state index in [2.05, 4.69) is 10.9 Å². The highest BCUT2D eigenvalue weighted by atomic mass is 16.7. The van der Waals surface area contributed by atoms with E-state index < -0.39 is 12.2 Å². The molecule has 2 aliphatic heterocycles. The first kappa shape index (κ1) is 11.7. The fraction of sp³-hybridized carbons (Fsp3) is 0.667. The van der Waals surface area contributed by atoms with E-state index in [9.17, 15) is 9.59 Å². The van der Waals surface area contributed by atoms with Crippen LogP contribution in [0.5, 0.6) is 0 Å². The molecular formula is C9H12N2O6. The van der Waals surface area contributed by atoms with Gasteiger partial charge in [-0.25, -0.2) is 15.0 Å². The van der Waals surface area contributed by atoms with Gasteiger partial charge in [-0.3, -0.25) is 5.43 Å². The van der Waals surface area contributed by atoms with Crippen molar-refractivity contribution in [3.63, 3.8) is 0 Å². The van der Waals surface area contributed by atoms with Crippen molar-refractivity contribution >= 4 is 12.0 Å². The number of amides is 1. The Morgan fingerprint density at radius 3 is 2.94 bits per heavy atom. The summed E-state index contributed by atoms with van der Waals surface area (Å²) in [5.41, 5.74) is 4.98. The zero-order chi connectivity index (χ0) is 12.1. The molecule has 2 N–H and O–H groups in total. The number of hydrogen-bond donors (Lipinski definition) is 2. The van der Waals surface area contributed by atoms with Gasteiger partial charge in [0.05, 0.1) is 12.7 Å². The quantitative estimate of drug-likeness (QED) is 0.352. The van der Waals surface area contributed by atoms with Gasteiger partial charge in [0.1, 0.15) is 13.2 Å². The van der Waals surface area contributed by atoms with Crippen molar-refractivity contribution < 1.29 is 28.5 Å². The topological polar surface area (TPSA) is 98.4 Å². The van der Waals surface area contributed by atoms with Crippen LogP contribution in [0.2, 0.25) is 0 Å². The Bertz CT molecular complexity index is 336. The average molecular weight is 244 g/mol. The first-order valence-corrected chi connectivity index (χ1v) is 5.09. The van der Waals surface area contributed by atoms with E-state index in [1.54, 1.807) is 0 Å². The zero-order valence-corrected chi connectivity index (χ0v) is 8.93. The smallest absolute Gasteiger partial charge is 0.421 e. The maximum absolute atomic E-state index is 11.1. The number of carbonyl (C=O) groups is 1. The molecule has 94 valence electrons. The van der Waals surface area contributed by atoms with E-state index in [0.29, 0.717) is 13.2 Å². The van der Waals surface area contributed by atoms with Gasteiger partial charge in [0, 0.05) is 6.54 Å². The molecular weight excluding hydrogens is 232 g/mol. The minimum atomic E-state index is -0.627. The predicted molar refractivity (Wildman–Crippen MR) is 52.3 cm³/mol. The third-order valence-electron chi connectivity index (χ3n) is 2.08. The number of nitrogens with one attached hydrogen (secondary N) is 2. The summed E-state index contributed by atoms with van der Waals surface area (Å²) < 4.78 is 19.5. The van der Waals surface area contributed by atoms with Gasteiger partial charge in [0.2, 0.25) is 5.94 Å². The molecule has 2 saturated heterocycles. The van der Waals surface area contributed by atoms with Crippen molar-refractivity contribution in [2.45, 2.75) is 12.2 Å². The van der Waals surface area contributed by atoms with E-state index >= 15 is 0 Å². The van der Waals surface area contributed by atoms with Crippen molar-refractivity contribution in [2.24, 2.45) is 0 Å². The normalized spacial score (nSPS) is 25.5. The second-order valence-corrected chi connectivity index (χ2v) is 3.50.